The average Bonchev–Trinajstić information content (AvgIpc) is 2.26. The number of benzene rings is 1. The molecule has 0 amide bonds. The molecule has 0 spiro atoms. The van der Waals surface area contributed by atoms with Crippen LogP contribution < -0.4 is 4.90 Å². The van der Waals surface area contributed by atoms with Crippen LogP contribution in [0.4, 0.5) is 27.6 Å². The molecule has 0 bridgehead atoms. The Labute approximate surface area is 105 Å². The molecule has 0 saturated carbocycles. The van der Waals surface area contributed by atoms with Crippen LogP contribution in [0.5, 0.6) is 0 Å². The summed E-state index contributed by atoms with van der Waals surface area (Å²) in [7, 11) is 0. The van der Waals surface area contributed by atoms with Crippen LogP contribution in [0, 0.1) is 23.0 Å². The number of halogens is 5. The van der Waals surface area contributed by atoms with Crippen LogP contribution in [0.2, 0.25) is 0 Å². The smallest absolute Gasteiger partial charge is 0.395 e. The minimum Gasteiger partial charge on any atom is -0.395 e. The molecule has 1 rings (SSSR count). The molecule has 0 fully saturated rings. The maximum atomic E-state index is 13.6. The van der Waals surface area contributed by atoms with Crippen molar-refractivity contribution in [3.63, 3.8) is 0 Å². The third kappa shape index (κ3) is 4.06. The minimum absolute atomic E-state index is 0.338. The summed E-state index contributed by atoms with van der Waals surface area (Å²) < 4.78 is 64.0. The molecule has 0 aliphatic carbocycles. The number of aliphatic hydroxyl groups is 1. The molecule has 1 N–H and O–H groups in total. The fraction of sp³-hybridized carbons (Fsp3) is 0.364. The Morgan fingerprint density at radius 2 is 1.74 bits per heavy atom. The standard InChI is InChI=1S/C11H9F5N2O/c12-8-3-7(5-17)4-9(13)10(8)18(1-2-19)6-11(14,15)16/h3-4,19H,1-2,6H2. The zero-order chi connectivity index (χ0) is 14.6. The first kappa shape index (κ1) is 15.2. The summed E-state index contributed by atoms with van der Waals surface area (Å²) in [5, 5.41) is 17.2. The van der Waals surface area contributed by atoms with Gasteiger partial charge in [0.05, 0.1) is 18.2 Å². The number of aliphatic hydroxyl groups excluding tert-OH is 1. The van der Waals surface area contributed by atoms with Gasteiger partial charge < -0.3 is 10.0 Å². The van der Waals surface area contributed by atoms with Crippen molar-refractivity contribution < 1.29 is 27.1 Å². The number of rotatable bonds is 4. The average molecular weight is 280 g/mol. The normalized spacial score (nSPS) is 11.2. The highest BCUT2D eigenvalue weighted by atomic mass is 19.4. The lowest BCUT2D eigenvalue weighted by Gasteiger charge is -2.25. The number of anilines is 1. The molecule has 0 aliphatic heterocycles. The van der Waals surface area contributed by atoms with Crippen LogP contribution in [0.25, 0.3) is 0 Å². The van der Waals surface area contributed by atoms with Crippen molar-refractivity contribution in [2.75, 3.05) is 24.6 Å². The van der Waals surface area contributed by atoms with Gasteiger partial charge in [-0.15, -0.1) is 0 Å². The van der Waals surface area contributed by atoms with Crippen LogP contribution in [0.15, 0.2) is 12.1 Å². The van der Waals surface area contributed by atoms with Crippen LogP contribution in [-0.4, -0.2) is 31.0 Å². The van der Waals surface area contributed by atoms with E-state index in [1.54, 1.807) is 0 Å². The molecule has 0 radical (unpaired) electrons. The third-order valence-electron chi connectivity index (χ3n) is 2.20. The molecule has 1 aromatic carbocycles. The van der Waals surface area contributed by atoms with E-state index in [0.717, 1.165) is 0 Å². The molecular formula is C11H9F5N2O. The first-order valence-electron chi connectivity index (χ1n) is 5.10. The molecule has 1 aromatic rings. The second-order valence-electron chi connectivity index (χ2n) is 3.66. The quantitative estimate of drug-likeness (QED) is 0.860. The van der Waals surface area contributed by atoms with Gasteiger partial charge in [0.25, 0.3) is 0 Å². The maximum Gasteiger partial charge on any atom is 0.405 e. The Balaban J connectivity index is 3.20. The van der Waals surface area contributed by atoms with Crippen LogP contribution in [0.1, 0.15) is 5.56 Å². The zero-order valence-electron chi connectivity index (χ0n) is 9.51. The highest BCUT2D eigenvalue weighted by Gasteiger charge is 2.33. The van der Waals surface area contributed by atoms with Gasteiger partial charge in [-0.25, -0.2) is 8.78 Å². The fourth-order valence-electron chi connectivity index (χ4n) is 1.54. The van der Waals surface area contributed by atoms with E-state index in [1.807, 2.05) is 0 Å². The van der Waals surface area contributed by atoms with Gasteiger partial charge in [-0.3, -0.25) is 0 Å². The van der Waals surface area contributed by atoms with Crippen molar-refractivity contribution in [3.8, 4) is 6.07 Å². The van der Waals surface area contributed by atoms with E-state index in [-0.39, 0.29) is 5.56 Å². The van der Waals surface area contributed by atoms with Gasteiger partial charge >= 0.3 is 6.18 Å². The van der Waals surface area contributed by atoms with E-state index >= 15 is 0 Å². The summed E-state index contributed by atoms with van der Waals surface area (Å²) in [5.74, 6) is -2.57. The van der Waals surface area contributed by atoms with Gasteiger partial charge in [0, 0.05) is 6.54 Å². The lowest BCUT2D eigenvalue weighted by Crippen LogP contribution is -2.37. The second-order valence-corrected chi connectivity index (χ2v) is 3.66. The molecule has 0 unspecified atom stereocenters. The van der Waals surface area contributed by atoms with Crippen molar-refractivity contribution in [1.82, 2.24) is 0 Å². The van der Waals surface area contributed by atoms with E-state index in [4.69, 9.17) is 10.4 Å². The number of nitrogens with zero attached hydrogens (tertiary/aromatic N) is 2. The van der Waals surface area contributed by atoms with Crippen molar-refractivity contribution in [2.45, 2.75) is 6.18 Å². The van der Waals surface area contributed by atoms with Crippen LogP contribution in [0.3, 0.4) is 0 Å². The van der Waals surface area contributed by atoms with E-state index in [1.165, 1.54) is 6.07 Å². The lowest BCUT2D eigenvalue weighted by molar-refractivity contribution is -0.120. The second kappa shape index (κ2) is 5.84. The van der Waals surface area contributed by atoms with Crippen molar-refractivity contribution in [2.24, 2.45) is 0 Å². The van der Waals surface area contributed by atoms with Crippen LogP contribution in [-0.2, 0) is 0 Å². The minimum atomic E-state index is -4.68. The van der Waals surface area contributed by atoms with Gasteiger partial charge in [-0.2, -0.15) is 18.4 Å². The molecule has 0 aromatic heterocycles. The molecule has 0 atom stereocenters. The molecule has 8 heteroatoms. The van der Waals surface area contributed by atoms with Crippen molar-refractivity contribution >= 4 is 5.69 Å². The molecule has 3 nitrogen and oxygen atoms in total. The highest BCUT2D eigenvalue weighted by molar-refractivity contribution is 5.52. The molecular weight excluding hydrogens is 271 g/mol. The Morgan fingerprint density at radius 1 is 1.21 bits per heavy atom. The largest absolute Gasteiger partial charge is 0.405 e. The predicted octanol–water partition coefficient (Wildman–Crippen LogP) is 2.20. The summed E-state index contributed by atoms with van der Waals surface area (Å²) in [6.07, 6.45) is -4.68. The van der Waals surface area contributed by atoms with Gasteiger partial charge in [0.15, 0.2) is 11.6 Å². The monoisotopic (exact) mass is 280 g/mol. The van der Waals surface area contributed by atoms with E-state index in [9.17, 15) is 22.0 Å². The number of hydrogen-bond acceptors (Lipinski definition) is 3. The predicted molar refractivity (Wildman–Crippen MR) is 56.4 cm³/mol. The molecule has 104 valence electrons. The van der Waals surface area contributed by atoms with Crippen molar-refractivity contribution in [1.29, 1.82) is 5.26 Å². The summed E-state index contributed by atoms with van der Waals surface area (Å²) in [6, 6.07) is 2.76. The van der Waals surface area contributed by atoms with Crippen molar-refractivity contribution in [3.05, 3.63) is 29.3 Å². The highest BCUT2D eigenvalue weighted by Crippen LogP contribution is 2.28. The first-order valence-corrected chi connectivity index (χ1v) is 5.10. The fourth-order valence-corrected chi connectivity index (χ4v) is 1.54. The molecule has 0 saturated heterocycles. The van der Waals surface area contributed by atoms with E-state index in [0.29, 0.717) is 17.0 Å². The number of alkyl halides is 3. The summed E-state index contributed by atoms with van der Waals surface area (Å²) in [5.41, 5.74) is -1.25. The number of hydrogen-bond donors (Lipinski definition) is 1. The first-order chi connectivity index (χ1) is 8.78. The van der Waals surface area contributed by atoms with Gasteiger partial charge in [-0.1, -0.05) is 0 Å². The third-order valence-corrected chi connectivity index (χ3v) is 2.20. The van der Waals surface area contributed by atoms with E-state index < -0.39 is 43.2 Å². The van der Waals surface area contributed by atoms with Crippen LogP contribution >= 0.6 is 0 Å². The summed E-state index contributed by atoms with van der Waals surface area (Å²) in [4.78, 5) is 0.339. The summed E-state index contributed by atoms with van der Waals surface area (Å²) in [6.45, 7) is -2.89. The summed E-state index contributed by atoms with van der Waals surface area (Å²) >= 11 is 0. The SMILES string of the molecule is N#Cc1cc(F)c(N(CCO)CC(F)(F)F)c(F)c1. The number of nitriles is 1. The topological polar surface area (TPSA) is 47.3 Å². The lowest BCUT2D eigenvalue weighted by atomic mass is 10.2. The molecule has 0 aliphatic rings. The Kier molecular flexibility index (Phi) is 4.67. The van der Waals surface area contributed by atoms with E-state index in [2.05, 4.69) is 0 Å². The maximum absolute atomic E-state index is 13.6. The zero-order valence-corrected chi connectivity index (χ0v) is 9.51. The van der Waals surface area contributed by atoms with Gasteiger partial charge in [0.2, 0.25) is 0 Å². The molecule has 19 heavy (non-hydrogen) atoms. The van der Waals surface area contributed by atoms with Gasteiger partial charge in [0.1, 0.15) is 12.2 Å². The molecule has 0 heterocycles. The Morgan fingerprint density at radius 3 is 2.11 bits per heavy atom. The Hall–Kier alpha value is -1.88. The Bertz CT molecular complexity index is 472. The van der Waals surface area contributed by atoms with Gasteiger partial charge in [-0.05, 0) is 12.1 Å².